The molecule has 0 heterocycles. The van der Waals surface area contributed by atoms with Crippen LogP contribution in [-0.4, -0.2) is 6.61 Å². The van der Waals surface area contributed by atoms with Crippen molar-refractivity contribution in [2.75, 3.05) is 11.9 Å². The molecule has 2 aromatic rings. The third-order valence-electron chi connectivity index (χ3n) is 3.23. The molecule has 0 aliphatic heterocycles. The molecule has 0 aliphatic rings. The number of aryl methyl sites for hydroxylation is 1. The lowest BCUT2D eigenvalue weighted by Gasteiger charge is -2.10. The number of ether oxygens (including phenoxy) is 1. The molecular weight excluding hydrogens is 246 g/mol. The minimum absolute atomic E-state index is 0.766. The zero-order valence-corrected chi connectivity index (χ0v) is 12.4. The molecule has 0 aromatic heterocycles. The number of hydrogen-bond donors (Lipinski definition) is 1. The molecule has 1 N–H and O–H groups in total. The molecule has 0 saturated heterocycles. The third-order valence-corrected chi connectivity index (χ3v) is 3.23. The van der Waals surface area contributed by atoms with Gasteiger partial charge < -0.3 is 10.1 Å². The van der Waals surface area contributed by atoms with Crippen LogP contribution in [0.5, 0.6) is 5.75 Å². The second kappa shape index (κ2) is 7.59. The average molecular weight is 269 g/mol. The van der Waals surface area contributed by atoms with Gasteiger partial charge in [-0.25, -0.2) is 0 Å². The van der Waals surface area contributed by atoms with Gasteiger partial charge in [0.05, 0.1) is 6.61 Å². The molecule has 2 rings (SSSR count). The molecule has 0 bridgehead atoms. The Labute approximate surface area is 121 Å². The molecule has 0 atom stereocenters. The van der Waals surface area contributed by atoms with Crippen LogP contribution in [0, 0.1) is 0 Å². The Morgan fingerprint density at radius 2 is 1.70 bits per heavy atom. The van der Waals surface area contributed by atoms with Gasteiger partial charge in [-0.2, -0.15) is 0 Å². The molecule has 0 saturated carbocycles. The van der Waals surface area contributed by atoms with E-state index in [1.54, 1.807) is 0 Å². The number of hydrogen-bond acceptors (Lipinski definition) is 2. The van der Waals surface area contributed by atoms with Crippen LogP contribution < -0.4 is 10.1 Å². The Kier molecular flexibility index (Phi) is 5.48. The second-order valence-corrected chi connectivity index (χ2v) is 4.90. The maximum Gasteiger partial charge on any atom is 0.121 e. The van der Waals surface area contributed by atoms with E-state index in [1.807, 2.05) is 12.1 Å². The highest BCUT2D eigenvalue weighted by Crippen LogP contribution is 2.18. The predicted molar refractivity (Wildman–Crippen MR) is 85.4 cm³/mol. The van der Waals surface area contributed by atoms with Gasteiger partial charge in [-0.1, -0.05) is 44.2 Å². The smallest absolute Gasteiger partial charge is 0.121 e. The molecule has 0 amide bonds. The molecular formula is C18H23NO. The standard InChI is InChI=1S/C18H23NO/c1-3-12-20-18-7-5-6-17(13-18)19-14-16-10-8-15(4-2)9-11-16/h5-11,13,19H,3-4,12,14H2,1-2H3. The molecule has 0 spiro atoms. The number of nitrogens with one attached hydrogen (secondary N) is 1. The van der Waals surface area contributed by atoms with Crippen LogP contribution >= 0.6 is 0 Å². The van der Waals surface area contributed by atoms with Crippen molar-refractivity contribution < 1.29 is 4.74 Å². The summed E-state index contributed by atoms with van der Waals surface area (Å²) in [7, 11) is 0. The molecule has 2 aromatic carbocycles. The minimum atomic E-state index is 0.766. The van der Waals surface area contributed by atoms with Crippen molar-refractivity contribution in [3.8, 4) is 5.75 Å². The van der Waals surface area contributed by atoms with E-state index in [0.717, 1.165) is 37.4 Å². The van der Waals surface area contributed by atoms with Gasteiger partial charge in [0.25, 0.3) is 0 Å². The van der Waals surface area contributed by atoms with E-state index in [0.29, 0.717) is 0 Å². The first kappa shape index (κ1) is 14.4. The molecule has 106 valence electrons. The van der Waals surface area contributed by atoms with E-state index >= 15 is 0 Å². The van der Waals surface area contributed by atoms with Crippen LogP contribution in [0.25, 0.3) is 0 Å². The summed E-state index contributed by atoms with van der Waals surface area (Å²) in [6, 6.07) is 16.9. The summed E-state index contributed by atoms with van der Waals surface area (Å²) in [5.74, 6) is 0.929. The maximum atomic E-state index is 5.64. The van der Waals surface area contributed by atoms with Crippen molar-refractivity contribution >= 4 is 5.69 Å². The van der Waals surface area contributed by atoms with Crippen LogP contribution in [0.15, 0.2) is 48.5 Å². The summed E-state index contributed by atoms with van der Waals surface area (Å²) in [5.41, 5.74) is 3.77. The summed E-state index contributed by atoms with van der Waals surface area (Å²) in [4.78, 5) is 0. The summed E-state index contributed by atoms with van der Waals surface area (Å²) < 4.78 is 5.64. The van der Waals surface area contributed by atoms with Gasteiger partial charge in [0, 0.05) is 18.3 Å². The van der Waals surface area contributed by atoms with Crippen LogP contribution in [0.1, 0.15) is 31.4 Å². The molecule has 20 heavy (non-hydrogen) atoms. The quantitative estimate of drug-likeness (QED) is 0.790. The van der Waals surface area contributed by atoms with Gasteiger partial charge in [0.2, 0.25) is 0 Å². The van der Waals surface area contributed by atoms with E-state index in [-0.39, 0.29) is 0 Å². The molecule has 0 fully saturated rings. The Morgan fingerprint density at radius 1 is 0.950 bits per heavy atom. The number of anilines is 1. The highest BCUT2D eigenvalue weighted by molar-refractivity contribution is 5.48. The van der Waals surface area contributed by atoms with E-state index < -0.39 is 0 Å². The summed E-state index contributed by atoms with van der Waals surface area (Å²) >= 11 is 0. The first-order valence-electron chi connectivity index (χ1n) is 7.36. The summed E-state index contributed by atoms with van der Waals surface area (Å²) in [6.07, 6.45) is 2.12. The fourth-order valence-corrected chi connectivity index (χ4v) is 2.01. The lowest BCUT2D eigenvalue weighted by Crippen LogP contribution is -2.00. The van der Waals surface area contributed by atoms with Gasteiger partial charge in [0.1, 0.15) is 5.75 Å². The Morgan fingerprint density at radius 3 is 2.40 bits per heavy atom. The zero-order valence-electron chi connectivity index (χ0n) is 12.4. The molecule has 2 heteroatoms. The first-order chi connectivity index (χ1) is 9.81. The number of benzene rings is 2. The summed E-state index contributed by atoms with van der Waals surface area (Å²) in [6.45, 7) is 5.89. The van der Waals surface area contributed by atoms with Gasteiger partial charge >= 0.3 is 0 Å². The third kappa shape index (κ3) is 4.30. The highest BCUT2D eigenvalue weighted by atomic mass is 16.5. The second-order valence-electron chi connectivity index (χ2n) is 4.90. The van der Waals surface area contributed by atoms with Gasteiger partial charge in [0.15, 0.2) is 0 Å². The highest BCUT2D eigenvalue weighted by Gasteiger charge is 1.98. The Balaban J connectivity index is 1.92. The van der Waals surface area contributed by atoms with E-state index in [9.17, 15) is 0 Å². The molecule has 0 unspecified atom stereocenters. The van der Waals surface area contributed by atoms with Crippen LogP contribution in [0.3, 0.4) is 0 Å². The topological polar surface area (TPSA) is 21.3 Å². The lowest BCUT2D eigenvalue weighted by molar-refractivity contribution is 0.317. The SMILES string of the molecule is CCCOc1cccc(NCc2ccc(CC)cc2)c1. The first-order valence-corrected chi connectivity index (χ1v) is 7.36. The predicted octanol–water partition coefficient (Wildman–Crippen LogP) is 4.65. The summed E-state index contributed by atoms with van der Waals surface area (Å²) in [5, 5.41) is 3.44. The van der Waals surface area contributed by atoms with E-state index in [1.165, 1.54) is 11.1 Å². The van der Waals surface area contributed by atoms with Crippen LogP contribution in [-0.2, 0) is 13.0 Å². The normalized spacial score (nSPS) is 10.3. The van der Waals surface area contributed by atoms with Crippen LogP contribution in [0.2, 0.25) is 0 Å². The van der Waals surface area contributed by atoms with Crippen molar-refractivity contribution in [1.82, 2.24) is 0 Å². The van der Waals surface area contributed by atoms with Gasteiger partial charge in [-0.05, 0) is 36.1 Å². The monoisotopic (exact) mass is 269 g/mol. The van der Waals surface area contributed by atoms with Crippen molar-refractivity contribution in [1.29, 1.82) is 0 Å². The van der Waals surface area contributed by atoms with Crippen molar-refractivity contribution in [3.63, 3.8) is 0 Å². The largest absolute Gasteiger partial charge is 0.494 e. The number of rotatable bonds is 7. The Hall–Kier alpha value is -1.96. The zero-order chi connectivity index (χ0) is 14.2. The molecule has 0 aliphatic carbocycles. The maximum absolute atomic E-state index is 5.64. The van der Waals surface area contributed by atoms with Crippen molar-refractivity contribution in [2.45, 2.75) is 33.2 Å². The van der Waals surface area contributed by atoms with E-state index in [4.69, 9.17) is 4.74 Å². The van der Waals surface area contributed by atoms with E-state index in [2.05, 4.69) is 55.6 Å². The average Bonchev–Trinajstić information content (AvgIpc) is 2.52. The van der Waals surface area contributed by atoms with Crippen molar-refractivity contribution in [2.24, 2.45) is 0 Å². The fraction of sp³-hybridized carbons (Fsp3) is 0.333. The van der Waals surface area contributed by atoms with Gasteiger partial charge in [-0.3, -0.25) is 0 Å². The molecule has 2 nitrogen and oxygen atoms in total. The van der Waals surface area contributed by atoms with Crippen molar-refractivity contribution in [3.05, 3.63) is 59.7 Å². The minimum Gasteiger partial charge on any atom is -0.494 e. The lowest BCUT2D eigenvalue weighted by atomic mass is 10.1. The molecule has 0 radical (unpaired) electrons. The van der Waals surface area contributed by atoms with Crippen LogP contribution in [0.4, 0.5) is 5.69 Å². The fourth-order valence-electron chi connectivity index (χ4n) is 2.01. The van der Waals surface area contributed by atoms with Gasteiger partial charge in [-0.15, -0.1) is 0 Å². The Bertz CT molecular complexity index is 519.